The molecule has 0 saturated heterocycles. The predicted octanol–water partition coefficient (Wildman–Crippen LogP) is 7.25. The summed E-state index contributed by atoms with van der Waals surface area (Å²) in [5, 5.41) is 8.42. The largest absolute Gasteiger partial charge is 1.00 e. The fourth-order valence-corrected chi connectivity index (χ4v) is 7.21. The number of nitrogens with zero attached hydrogens (tertiary/aromatic N) is 1. The molecule has 0 bridgehead atoms. The molecule has 2 aromatic carbocycles. The van der Waals surface area contributed by atoms with Crippen molar-refractivity contribution in [1.29, 1.82) is 5.26 Å². The summed E-state index contributed by atoms with van der Waals surface area (Å²) < 4.78 is 23.9. The molecule has 0 spiro atoms. The molecule has 8 nitrogen and oxygen atoms in total. The smallest absolute Gasteiger partial charge is 0.512 e. The molecule has 2 heterocycles. The molecule has 0 unspecified atom stereocenters. The van der Waals surface area contributed by atoms with Gasteiger partial charge < -0.3 is 30.8 Å². The van der Waals surface area contributed by atoms with Crippen LogP contribution in [0.3, 0.4) is 0 Å². The summed E-state index contributed by atoms with van der Waals surface area (Å²) in [5.74, 6) is 0.508. The van der Waals surface area contributed by atoms with E-state index in [-0.39, 0.29) is 68.0 Å². The summed E-state index contributed by atoms with van der Waals surface area (Å²) in [4.78, 5) is 36.9. The van der Waals surface area contributed by atoms with Crippen molar-refractivity contribution < 1.29 is 62.9 Å². The monoisotopic (exact) mass is 894 g/mol. The molecule has 0 fully saturated rings. The number of halogens is 3. The minimum atomic E-state index is -1.14. The molecule has 50 heavy (non-hydrogen) atoms. The number of Topliss-reactive ketones (excluding diaryl/α,β-unsaturated/α-hetero) is 1. The molecule has 2 atom stereocenters. The van der Waals surface area contributed by atoms with Crippen LogP contribution in [0.1, 0.15) is 41.2 Å². The Morgan fingerprint density at radius 1 is 0.800 bits per heavy atom. The number of methoxy groups -OCH3 is 4. The van der Waals surface area contributed by atoms with E-state index in [4.69, 9.17) is 37.1 Å². The van der Waals surface area contributed by atoms with E-state index in [1.165, 1.54) is 40.5 Å². The molecule has 4 rings (SSSR count). The number of ketones is 1. The second-order valence-electron chi connectivity index (χ2n) is 11.5. The van der Waals surface area contributed by atoms with Gasteiger partial charge in [-0.2, -0.15) is 11.1 Å². The van der Waals surface area contributed by atoms with Gasteiger partial charge in [-0.1, -0.05) is 33.5 Å². The van der Waals surface area contributed by atoms with Crippen molar-refractivity contribution in [3.05, 3.63) is 61.7 Å². The van der Waals surface area contributed by atoms with Gasteiger partial charge in [-0.25, -0.2) is 0 Å². The number of rotatable bonds is 10. The van der Waals surface area contributed by atoms with Gasteiger partial charge in [0.15, 0.2) is 5.78 Å². The fraction of sp³-hybridized carbons (Fsp3) is 0.412. The van der Waals surface area contributed by atoms with Crippen molar-refractivity contribution in [2.45, 2.75) is 52.8 Å². The summed E-state index contributed by atoms with van der Waals surface area (Å²) >= 11 is 15.7. The summed E-state index contributed by atoms with van der Waals surface area (Å²) in [6.07, 6.45) is 1.84. The van der Waals surface area contributed by atoms with Gasteiger partial charge in [-0.15, -0.1) is 22.7 Å². The van der Waals surface area contributed by atoms with E-state index in [1.54, 1.807) is 32.5 Å². The van der Waals surface area contributed by atoms with Gasteiger partial charge in [-0.05, 0) is 91.9 Å². The normalized spacial score (nSPS) is 11.3. The van der Waals surface area contributed by atoms with E-state index in [0.29, 0.717) is 4.88 Å². The molecule has 16 heteroatoms. The van der Waals surface area contributed by atoms with Crippen molar-refractivity contribution in [2.75, 3.05) is 28.4 Å². The number of ether oxygens (including phenoxy) is 4. The van der Waals surface area contributed by atoms with E-state index >= 15 is 0 Å². The zero-order valence-electron chi connectivity index (χ0n) is 30.1. The SMILES string of the molecule is COC(=O)[C@@H](C)CC(=O)c1cc2cc(Br)c(OC)cc2s1.COC(=O)[C@@H](C)CCc1cc2cc(Br)c(OC)cc2s1.C[Si](C)(C)Cl.[B].[C-]#N.[Na+]. The third-order valence-corrected chi connectivity index (χ3v) is 9.97. The number of carbonyl (C=O) groups excluding carboxylic acids is 3. The van der Waals surface area contributed by atoms with Gasteiger partial charge in [0.05, 0.1) is 54.1 Å². The van der Waals surface area contributed by atoms with Gasteiger partial charge in [0.25, 0.3) is 0 Å². The van der Waals surface area contributed by atoms with Crippen LogP contribution in [0.25, 0.3) is 20.2 Å². The van der Waals surface area contributed by atoms with E-state index in [0.717, 1.165) is 43.4 Å². The Balaban J connectivity index is 0. The number of aryl methyl sites for hydroxylation is 1. The number of hydrogen-bond acceptors (Lipinski definition) is 10. The van der Waals surface area contributed by atoms with E-state index < -0.39 is 13.3 Å². The van der Waals surface area contributed by atoms with Gasteiger partial charge in [0.2, 0.25) is 0 Å². The average Bonchev–Trinajstić information content (AvgIpc) is 3.65. The van der Waals surface area contributed by atoms with Gasteiger partial charge in [0, 0.05) is 29.1 Å². The van der Waals surface area contributed by atoms with Crippen LogP contribution in [-0.4, -0.2) is 62.0 Å². The topological polar surface area (TPSA) is 112 Å². The second kappa shape index (κ2) is 24.8. The Hall–Kier alpha value is -1.41. The number of esters is 2. The number of carbonyl (C=O) groups is 3. The number of hydrogen-bond donors (Lipinski definition) is 0. The molecule has 265 valence electrons. The first-order chi connectivity index (χ1) is 22.5. The third kappa shape index (κ3) is 16.9. The molecule has 0 amide bonds. The molecule has 3 radical (unpaired) electrons. The maximum atomic E-state index is 12.2. The Morgan fingerprint density at radius 3 is 1.66 bits per heavy atom. The van der Waals surface area contributed by atoms with Crippen molar-refractivity contribution in [1.82, 2.24) is 0 Å². The van der Waals surface area contributed by atoms with Gasteiger partial charge >= 0.3 is 41.5 Å². The molecular weight excluding hydrogens is 856 g/mol. The molecule has 2 aromatic heterocycles. The Kier molecular flexibility index (Phi) is 25.1. The number of benzene rings is 2. The van der Waals surface area contributed by atoms with Crippen molar-refractivity contribution in [2.24, 2.45) is 11.8 Å². The van der Waals surface area contributed by atoms with Gasteiger partial charge in [-0.3, -0.25) is 14.4 Å². The minimum absolute atomic E-state index is 0. The maximum Gasteiger partial charge on any atom is 1.00 e. The summed E-state index contributed by atoms with van der Waals surface area (Å²) in [7, 11) is 4.89. The molecule has 0 aliphatic carbocycles. The average molecular weight is 897 g/mol. The van der Waals surface area contributed by atoms with Crippen LogP contribution in [0, 0.1) is 23.7 Å². The van der Waals surface area contributed by atoms with Crippen LogP contribution in [0.4, 0.5) is 0 Å². The van der Waals surface area contributed by atoms with E-state index in [2.05, 4.69) is 68.4 Å². The molecule has 4 aromatic rings. The van der Waals surface area contributed by atoms with Crippen molar-refractivity contribution in [3.63, 3.8) is 0 Å². The first-order valence-electron chi connectivity index (χ1n) is 14.6. The van der Waals surface area contributed by atoms with E-state index in [1.807, 2.05) is 31.2 Å². The summed E-state index contributed by atoms with van der Waals surface area (Å²) in [5.41, 5.74) is 0. The first kappa shape index (κ1) is 50.7. The Bertz CT molecular complexity index is 1710. The minimum Gasteiger partial charge on any atom is -0.512 e. The van der Waals surface area contributed by atoms with Crippen LogP contribution < -0.4 is 39.0 Å². The zero-order chi connectivity index (χ0) is 36.8. The quantitative estimate of drug-likeness (QED) is 0.0539. The maximum absolute atomic E-state index is 12.2. The second-order valence-corrected chi connectivity index (χ2v) is 23.0. The first-order valence-corrected chi connectivity index (χ1v) is 22.4. The van der Waals surface area contributed by atoms with Crippen LogP contribution in [0.2, 0.25) is 19.6 Å². The fourth-order valence-electron chi connectivity index (χ4n) is 4.05. The zero-order valence-corrected chi connectivity index (χ0v) is 38.6. The van der Waals surface area contributed by atoms with Crippen LogP contribution in [0.5, 0.6) is 11.5 Å². The van der Waals surface area contributed by atoms with Crippen LogP contribution in [0.15, 0.2) is 45.3 Å². The molecule has 0 saturated carbocycles. The Labute approximate surface area is 350 Å². The van der Waals surface area contributed by atoms with Crippen LogP contribution >= 0.6 is 65.6 Å². The van der Waals surface area contributed by atoms with Crippen LogP contribution in [-0.2, 0) is 25.5 Å². The molecule has 0 N–H and O–H groups in total. The predicted molar refractivity (Wildman–Crippen MR) is 212 cm³/mol. The summed E-state index contributed by atoms with van der Waals surface area (Å²) in [6, 6.07) is 11.9. The van der Waals surface area contributed by atoms with E-state index in [9.17, 15) is 14.4 Å². The van der Waals surface area contributed by atoms with Gasteiger partial charge in [0.1, 0.15) is 18.9 Å². The van der Waals surface area contributed by atoms with Crippen molar-refractivity contribution >= 4 is 119 Å². The van der Waals surface area contributed by atoms with Crippen molar-refractivity contribution in [3.8, 4) is 11.5 Å². The Morgan fingerprint density at radius 2 is 1.22 bits per heavy atom. The standard InChI is InChI=1S/C15H15BrO4S.C15H17BrO3S.C3H9ClSi.CN.B.Na/c1-8(15(18)20-3)4-11(17)14-6-9-5-10(16)12(19-2)7-13(9)21-14;1-9(15(17)19-3)4-5-11-6-10-7-12(16)13(18-2)8-14(10)20-11;1-5(2,3)4;1-2;;/h5-8H,4H2,1-3H3;6-9H,4-5H2,1-3H3;1-3H3;;;/q;;;-1;;+1/t8-;9-;;;;/m00..../s1. The number of thiophene rings is 2. The molecule has 0 aliphatic heterocycles. The molecular formula is C34H41BBr2ClNNaO7S2Si. The molecule has 0 aliphatic rings. The summed E-state index contributed by atoms with van der Waals surface area (Å²) in [6.45, 7) is 14.6. The number of fused-ring (bicyclic) bond motifs is 2. The third-order valence-electron chi connectivity index (χ3n) is 6.43.